The van der Waals surface area contributed by atoms with Crippen molar-refractivity contribution in [3.63, 3.8) is 0 Å². The average molecular weight is 313 g/mol. The number of benzene rings is 1. The molecule has 1 N–H and O–H groups in total. The molecule has 0 radical (unpaired) electrons. The van der Waals surface area contributed by atoms with Crippen LogP contribution in [0.2, 0.25) is 5.02 Å². The van der Waals surface area contributed by atoms with Crippen molar-refractivity contribution in [2.75, 3.05) is 45.3 Å². The van der Waals surface area contributed by atoms with Gasteiger partial charge in [0.1, 0.15) is 0 Å². The number of halogens is 1. The van der Waals surface area contributed by atoms with Crippen molar-refractivity contribution in [1.29, 1.82) is 0 Å². The molecule has 0 aliphatic carbocycles. The molecule has 0 bridgehead atoms. The minimum absolute atomic E-state index is 0.353. The first kappa shape index (κ1) is 16.6. The Balaban J connectivity index is 2.07. The predicted octanol–water partition coefficient (Wildman–Crippen LogP) is 2.38. The Labute approximate surface area is 132 Å². The SMILES string of the molecule is COCC(O)CN(C)Cc1c(Cl)cccc1N1CCCC1. The molecule has 1 aliphatic heterocycles. The van der Waals surface area contributed by atoms with Gasteiger partial charge in [-0.25, -0.2) is 0 Å². The fourth-order valence-electron chi connectivity index (χ4n) is 2.90. The van der Waals surface area contributed by atoms with E-state index in [9.17, 15) is 5.11 Å². The third kappa shape index (κ3) is 4.58. The molecular formula is C16H25ClN2O2. The van der Waals surface area contributed by atoms with Gasteiger partial charge < -0.3 is 14.7 Å². The highest BCUT2D eigenvalue weighted by Crippen LogP contribution is 2.30. The summed E-state index contributed by atoms with van der Waals surface area (Å²) in [5.41, 5.74) is 2.38. The van der Waals surface area contributed by atoms with Gasteiger partial charge in [-0.05, 0) is 32.0 Å². The summed E-state index contributed by atoms with van der Waals surface area (Å²) in [6, 6.07) is 6.10. The van der Waals surface area contributed by atoms with Crippen LogP contribution in [0.4, 0.5) is 5.69 Å². The average Bonchev–Trinajstić information content (AvgIpc) is 2.95. The second kappa shape index (κ2) is 7.99. The van der Waals surface area contributed by atoms with E-state index < -0.39 is 6.10 Å². The minimum atomic E-state index is -0.474. The van der Waals surface area contributed by atoms with Gasteiger partial charge in [0.15, 0.2) is 0 Å². The lowest BCUT2D eigenvalue weighted by atomic mass is 10.1. The summed E-state index contributed by atoms with van der Waals surface area (Å²) in [5, 5.41) is 10.6. The molecule has 1 aromatic rings. The Morgan fingerprint density at radius 1 is 1.38 bits per heavy atom. The van der Waals surface area contributed by atoms with E-state index in [0.29, 0.717) is 13.2 Å². The van der Waals surface area contributed by atoms with E-state index in [-0.39, 0.29) is 0 Å². The number of likely N-dealkylation sites (N-methyl/N-ethyl adjacent to an activating group) is 1. The van der Waals surface area contributed by atoms with E-state index >= 15 is 0 Å². The number of nitrogens with zero attached hydrogens (tertiary/aromatic N) is 2. The molecule has 0 spiro atoms. The first-order valence-electron chi connectivity index (χ1n) is 7.49. The van der Waals surface area contributed by atoms with E-state index in [4.69, 9.17) is 16.3 Å². The molecule has 0 aromatic heterocycles. The molecule has 1 saturated heterocycles. The third-order valence-corrected chi connectivity index (χ3v) is 4.20. The van der Waals surface area contributed by atoms with E-state index in [2.05, 4.69) is 15.9 Å². The maximum Gasteiger partial charge on any atom is 0.0900 e. The van der Waals surface area contributed by atoms with Gasteiger partial charge in [-0.1, -0.05) is 17.7 Å². The number of rotatable bonds is 7. The van der Waals surface area contributed by atoms with Crippen molar-refractivity contribution in [2.45, 2.75) is 25.5 Å². The van der Waals surface area contributed by atoms with Crippen LogP contribution in [-0.2, 0) is 11.3 Å². The number of aliphatic hydroxyl groups is 1. The summed E-state index contributed by atoms with van der Waals surface area (Å²) in [6.07, 6.45) is 2.01. The van der Waals surface area contributed by atoms with Crippen LogP contribution >= 0.6 is 11.6 Å². The molecule has 0 saturated carbocycles. The molecule has 1 aromatic carbocycles. The van der Waals surface area contributed by atoms with Crippen molar-refractivity contribution in [3.8, 4) is 0 Å². The second-order valence-electron chi connectivity index (χ2n) is 5.74. The number of hydrogen-bond donors (Lipinski definition) is 1. The van der Waals surface area contributed by atoms with E-state index in [1.54, 1.807) is 7.11 Å². The number of anilines is 1. The van der Waals surface area contributed by atoms with Crippen molar-refractivity contribution >= 4 is 17.3 Å². The molecule has 21 heavy (non-hydrogen) atoms. The molecule has 1 heterocycles. The maximum atomic E-state index is 9.84. The summed E-state index contributed by atoms with van der Waals surface area (Å²) in [4.78, 5) is 4.49. The fourth-order valence-corrected chi connectivity index (χ4v) is 3.13. The van der Waals surface area contributed by atoms with Gasteiger partial charge in [0.25, 0.3) is 0 Å². The lowest BCUT2D eigenvalue weighted by molar-refractivity contribution is 0.0419. The summed E-state index contributed by atoms with van der Waals surface area (Å²) >= 11 is 6.41. The summed E-state index contributed by atoms with van der Waals surface area (Å²) < 4.78 is 4.97. The van der Waals surface area contributed by atoms with Crippen LogP contribution < -0.4 is 4.90 Å². The zero-order valence-electron chi connectivity index (χ0n) is 12.9. The van der Waals surface area contributed by atoms with Crippen LogP contribution in [0, 0.1) is 0 Å². The lowest BCUT2D eigenvalue weighted by Gasteiger charge is -2.26. The molecule has 1 atom stereocenters. The lowest BCUT2D eigenvalue weighted by Crippen LogP contribution is -2.32. The van der Waals surface area contributed by atoms with Crippen LogP contribution in [0.25, 0.3) is 0 Å². The van der Waals surface area contributed by atoms with E-state index in [0.717, 1.165) is 30.2 Å². The van der Waals surface area contributed by atoms with Crippen LogP contribution in [0.3, 0.4) is 0 Å². The molecule has 4 nitrogen and oxygen atoms in total. The van der Waals surface area contributed by atoms with Gasteiger partial charge in [0.2, 0.25) is 0 Å². The number of methoxy groups -OCH3 is 1. The van der Waals surface area contributed by atoms with Gasteiger partial charge in [0, 0.05) is 49.6 Å². The smallest absolute Gasteiger partial charge is 0.0900 e. The van der Waals surface area contributed by atoms with Gasteiger partial charge in [-0.3, -0.25) is 4.90 Å². The summed E-state index contributed by atoms with van der Waals surface area (Å²) in [5.74, 6) is 0. The Morgan fingerprint density at radius 3 is 2.76 bits per heavy atom. The second-order valence-corrected chi connectivity index (χ2v) is 6.14. The van der Waals surface area contributed by atoms with Crippen molar-refractivity contribution in [2.24, 2.45) is 0 Å². The van der Waals surface area contributed by atoms with Gasteiger partial charge >= 0.3 is 0 Å². The van der Waals surface area contributed by atoms with Gasteiger partial charge in [-0.2, -0.15) is 0 Å². The van der Waals surface area contributed by atoms with Gasteiger partial charge in [-0.15, -0.1) is 0 Å². The zero-order chi connectivity index (χ0) is 15.2. The summed E-state index contributed by atoms with van der Waals surface area (Å²) in [6.45, 7) is 3.85. The number of aliphatic hydroxyl groups excluding tert-OH is 1. The highest BCUT2D eigenvalue weighted by atomic mass is 35.5. The molecular weight excluding hydrogens is 288 g/mol. The molecule has 118 valence electrons. The Morgan fingerprint density at radius 2 is 2.10 bits per heavy atom. The zero-order valence-corrected chi connectivity index (χ0v) is 13.6. The third-order valence-electron chi connectivity index (χ3n) is 3.85. The number of hydrogen-bond acceptors (Lipinski definition) is 4. The molecule has 2 rings (SSSR count). The fraction of sp³-hybridized carbons (Fsp3) is 0.625. The highest BCUT2D eigenvalue weighted by molar-refractivity contribution is 6.31. The van der Waals surface area contributed by atoms with Crippen LogP contribution in [0.15, 0.2) is 18.2 Å². The van der Waals surface area contributed by atoms with Crippen molar-refractivity contribution in [1.82, 2.24) is 4.90 Å². The molecule has 1 aliphatic rings. The Bertz CT molecular complexity index is 450. The van der Waals surface area contributed by atoms with E-state index in [1.807, 2.05) is 19.2 Å². The largest absolute Gasteiger partial charge is 0.389 e. The minimum Gasteiger partial charge on any atom is -0.389 e. The Kier molecular flexibility index (Phi) is 6.30. The van der Waals surface area contributed by atoms with Gasteiger partial charge in [0.05, 0.1) is 12.7 Å². The van der Waals surface area contributed by atoms with E-state index in [1.165, 1.54) is 18.5 Å². The topological polar surface area (TPSA) is 35.9 Å². The Hall–Kier alpha value is -0.810. The first-order valence-corrected chi connectivity index (χ1v) is 7.87. The van der Waals surface area contributed by atoms with Crippen LogP contribution in [-0.4, -0.2) is 56.5 Å². The first-order chi connectivity index (χ1) is 10.1. The van der Waals surface area contributed by atoms with Crippen LogP contribution in [0.1, 0.15) is 18.4 Å². The predicted molar refractivity (Wildman–Crippen MR) is 87.1 cm³/mol. The highest BCUT2D eigenvalue weighted by Gasteiger charge is 2.19. The normalized spacial score (nSPS) is 16.7. The molecule has 1 fully saturated rings. The maximum absolute atomic E-state index is 9.84. The van der Waals surface area contributed by atoms with Crippen molar-refractivity contribution in [3.05, 3.63) is 28.8 Å². The standard InChI is InChI=1S/C16H25ClN2O2/c1-18(10-13(20)12-21-2)11-14-15(17)6-5-7-16(14)19-8-3-4-9-19/h5-7,13,20H,3-4,8-12H2,1-2H3. The summed E-state index contributed by atoms with van der Waals surface area (Å²) in [7, 11) is 3.60. The van der Waals surface area contributed by atoms with Crippen LogP contribution in [0.5, 0.6) is 0 Å². The molecule has 0 amide bonds. The monoisotopic (exact) mass is 312 g/mol. The quantitative estimate of drug-likeness (QED) is 0.838. The van der Waals surface area contributed by atoms with Crippen molar-refractivity contribution < 1.29 is 9.84 Å². The molecule has 5 heteroatoms. The molecule has 1 unspecified atom stereocenters. The number of ether oxygens (including phenoxy) is 1.